The van der Waals surface area contributed by atoms with Gasteiger partial charge in [-0.25, -0.2) is 4.99 Å². The van der Waals surface area contributed by atoms with Crippen molar-refractivity contribution < 1.29 is 5.11 Å². The number of nitrogens with one attached hydrogen (secondary N) is 2. The third-order valence-electron chi connectivity index (χ3n) is 5.62. The average molecular weight is 395 g/mol. The van der Waals surface area contributed by atoms with E-state index in [-0.39, 0.29) is 6.61 Å². The molecule has 0 aliphatic carbocycles. The minimum atomic E-state index is 0.0487. The highest BCUT2D eigenvalue weighted by atomic mass is 16.3. The molecule has 1 heterocycles. The van der Waals surface area contributed by atoms with Gasteiger partial charge in [-0.05, 0) is 43.4 Å². The van der Waals surface area contributed by atoms with Gasteiger partial charge in [0.05, 0.1) is 13.2 Å². The lowest BCUT2D eigenvalue weighted by atomic mass is 9.97. The maximum absolute atomic E-state index is 9.52. The van der Waals surface area contributed by atoms with Crippen LogP contribution in [-0.2, 0) is 19.7 Å². The zero-order valence-electron chi connectivity index (χ0n) is 17.6. The molecule has 5 heteroatoms. The lowest BCUT2D eigenvalue weighted by Crippen LogP contribution is -2.51. The summed E-state index contributed by atoms with van der Waals surface area (Å²) in [6, 6.07) is 19.6. The monoisotopic (exact) mass is 394 g/mol. The highest BCUT2D eigenvalue weighted by Gasteiger charge is 2.25. The van der Waals surface area contributed by atoms with Crippen LogP contribution in [-0.4, -0.2) is 41.1 Å². The van der Waals surface area contributed by atoms with Gasteiger partial charge in [0.1, 0.15) is 0 Å². The van der Waals surface area contributed by atoms with Gasteiger partial charge >= 0.3 is 0 Å². The molecule has 1 aliphatic heterocycles. The third kappa shape index (κ3) is 6.31. The molecule has 5 nitrogen and oxygen atoms in total. The number of aliphatic hydroxyl groups excluding tert-OH is 1. The van der Waals surface area contributed by atoms with Gasteiger partial charge in [-0.15, -0.1) is 0 Å². The van der Waals surface area contributed by atoms with E-state index >= 15 is 0 Å². The van der Waals surface area contributed by atoms with Crippen LogP contribution >= 0.6 is 0 Å². The Morgan fingerprint density at radius 2 is 1.83 bits per heavy atom. The second-order valence-electron chi connectivity index (χ2n) is 7.79. The smallest absolute Gasteiger partial charge is 0.191 e. The highest BCUT2D eigenvalue weighted by molar-refractivity contribution is 5.80. The Labute approximate surface area is 174 Å². The SMILES string of the molecule is CCNC(=NCc1ccccc1CO)NC1CCN(Cc2ccccc2)C(C)C1. The number of hydrogen-bond donors (Lipinski definition) is 3. The molecule has 0 aromatic heterocycles. The van der Waals surface area contributed by atoms with Crippen LogP contribution < -0.4 is 10.6 Å². The number of piperidine rings is 1. The molecule has 2 aromatic rings. The van der Waals surface area contributed by atoms with Gasteiger partial charge in [0, 0.05) is 31.7 Å². The third-order valence-corrected chi connectivity index (χ3v) is 5.62. The molecule has 1 saturated heterocycles. The summed E-state index contributed by atoms with van der Waals surface area (Å²) in [7, 11) is 0. The van der Waals surface area contributed by atoms with Crippen molar-refractivity contribution in [1.29, 1.82) is 0 Å². The number of benzene rings is 2. The first kappa shape index (κ1) is 21.3. The molecular weight excluding hydrogens is 360 g/mol. The Kier molecular flexibility index (Phi) is 8.08. The largest absolute Gasteiger partial charge is 0.392 e. The van der Waals surface area contributed by atoms with Crippen molar-refractivity contribution in [1.82, 2.24) is 15.5 Å². The molecular formula is C24H34N4O. The van der Waals surface area contributed by atoms with Gasteiger partial charge in [-0.3, -0.25) is 4.90 Å². The van der Waals surface area contributed by atoms with E-state index in [1.165, 1.54) is 5.56 Å². The molecule has 2 unspecified atom stereocenters. The van der Waals surface area contributed by atoms with E-state index < -0.39 is 0 Å². The average Bonchev–Trinajstić information content (AvgIpc) is 2.75. The number of guanidine groups is 1. The molecule has 0 radical (unpaired) electrons. The van der Waals surface area contributed by atoms with Crippen molar-refractivity contribution in [2.45, 2.75) is 58.5 Å². The molecule has 0 saturated carbocycles. The van der Waals surface area contributed by atoms with Gasteiger partial charge < -0.3 is 15.7 Å². The standard InChI is InChI=1S/C24H34N4O/c1-3-25-24(26-16-21-11-7-8-12-22(21)18-29)27-23-13-14-28(19(2)15-23)17-20-9-5-4-6-10-20/h4-12,19,23,29H,3,13-18H2,1-2H3,(H2,25,26,27). The van der Waals surface area contributed by atoms with Crippen molar-refractivity contribution in [3.63, 3.8) is 0 Å². The van der Waals surface area contributed by atoms with E-state index in [2.05, 4.69) is 59.7 Å². The molecule has 0 amide bonds. The second kappa shape index (κ2) is 11.0. The van der Waals surface area contributed by atoms with Crippen LogP contribution in [0.5, 0.6) is 0 Å². The van der Waals surface area contributed by atoms with Crippen LogP contribution in [0, 0.1) is 0 Å². The summed E-state index contributed by atoms with van der Waals surface area (Å²) in [5, 5.41) is 16.5. The minimum absolute atomic E-state index is 0.0487. The Balaban J connectivity index is 1.57. The zero-order valence-corrected chi connectivity index (χ0v) is 17.6. The summed E-state index contributed by atoms with van der Waals surface area (Å²) < 4.78 is 0. The predicted molar refractivity (Wildman–Crippen MR) is 120 cm³/mol. The Morgan fingerprint density at radius 3 is 2.52 bits per heavy atom. The summed E-state index contributed by atoms with van der Waals surface area (Å²) in [6.07, 6.45) is 2.21. The molecule has 1 aliphatic rings. The molecule has 0 bridgehead atoms. The van der Waals surface area contributed by atoms with Crippen LogP contribution in [0.15, 0.2) is 59.6 Å². The van der Waals surface area contributed by atoms with Crippen molar-refractivity contribution in [3.8, 4) is 0 Å². The maximum atomic E-state index is 9.52. The molecule has 1 fully saturated rings. The fraction of sp³-hybridized carbons (Fsp3) is 0.458. The van der Waals surface area contributed by atoms with Crippen molar-refractivity contribution in [2.24, 2.45) is 4.99 Å². The Morgan fingerprint density at radius 1 is 1.10 bits per heavy atom. The van der Waals surface area contributed by atoms with Gasteiger partial charge in [0.2, 0.25) is 0 Å². The highest BCUT2D eigenvalue weighted by Crippen LogP contribution is 2.20. The first-order valence-electron chi connectivity index (χ1n) is 10.7. The Bertz CT molecular complexity index is 777. The number of aliphatic hydroxyl groups is 1. The van der Waals surface area contributed by atoms with Crippen LogP contribution in [0.3, 0.4) is 0 Å². The fourth-order valence-corrected chi connectivity index (χ4v) is 3.95. The van der Waals surface area contributed by atoms with E-state index in [0.717, 1.165) is 49.6 Å². The van der Waals surface area contributed by atoms with E-state index in [9.17, 15) is 5.11 Å². The van der Waals surface area contributed by atoms with Gasteiger partial charge in [-0.1, -0.05) is 54.6 Å². The number of nitrogens with zero attached hydrogens (tertiary/aromatic N) is 2. The molecule has 29 heavy (non-hydrogen) atoms. The van der Waals surface area contributed by atoms with E-state index in [1.54, 1.807) is 0 Å². The first-order chi connectivity index (χ1) is 14.2. The number of hydrogen-bond acceptors (Lipinski definition) is 3. The molecule has 3 rings (SSSR count). The predicted octanol–water partition coefficient (Wildman–Crippen LogP) is 3.29. The summed E-state index contributed by atoms with van der Waals surface area (Å²) in [4.78, 5) is 7.33. The van der Waals surface area contributed by atoms with Crippen molar-refractivity contribution in [2.75, 3.05) is 13.1 Å². The van der Waals surface area contributed by atoms with Crippen LogP contribution in [0.25, 0.3) is 0 Å². The molecule has 2 aromatic carbocycles. The molecule has 0 spiro atoms. The van der Waals surface area contributed by atoms with E-state index in [1.807, 2.05) is 24.3 Å². The van der Waals surface area contributed by atoms with Crippen LogP contribution in [0.1, 0.15) is 43.4 Å². The van der Waals surface area contributed by atoms with E-state index in [0.29, 0.717) is 18.6 Å². The summed E-state index contributed by atoms with van der Waals surface area (Å²) in [5.74, 6) is 0.856. The molecule has 3 N–H and O–H groups in total. The second-order valence-corrected chi connectivity index (χ2v) is 7.79. The number of likely N-dealkylation sites (tertiary alicyclic amines) is 1. The quantitative estimate of drug-likeness (QED) is 0.498. The summed E-state index contributed by atoms with van der Waals surface area (Å²) >= 11 is 0. The summed E-state index contributed by atoms with van der Waals surface area (Å²) in [5.41, 5.74) is 3.39. The van der Waals surface area contributed by atoms with Crippen LogP contribution in [0.4, 0.5) is 0 Å². The van der Waals surface area contributed by atoms with Gasteiger partial charge in [-0.2, -0.15) is 0 Å². The summed E-state index contributed by atoms with van der Waals surface area (Å²) in [6.45, 7) is 7.95. The number of rotatable bonds is 7. The topological polar surface area (TPSA) is 59.9 Å². The van der Waals surface area contributed by atoms with Gasteiger partial charge in [0.15, 0.2) is 5.96 Å². The first-order valence-corrected chi connectivity index (χ1v) is 10.7. The maximum Gasteiger partial charge on any atom is 0.191 e. The van der Waals surface area contributed by atoms with E-state index in [4.69, 9.17) is 4.99 Å². The molecule has 2 atom stereocenters. The lowest BCUT2D eigenvalue weighted by Gasteiger charge is -2.38. The number of aliphatic imine (C=N–C) groups is 1. The Hall–Kier alpha value is -2.37. The fourth-order valence-electron chi connectivity index (χ4n) is 3.95. The van der Waals surface area contributed by atoms with Crippen molar-refractivity contribution in [3.05, 3.63) is 71.3 Å². The lowest BCUT2D eigenvalue weighted by molar-refractivity contribution is 0.134. The molecule has 156 valence electrons. The zero-order chi connectivity index (χ0) is 20.5. The minimum Gasteiger partial charge on any atom is -0.392 e. The van der Waals surface area contributed by atoms with Gasteiger partial charge in [0.25, 0.3) is 0 Å². The normalized spacial score (nSPS) is 20.4. The van der Waals surface area contributed by atoms with Crippen LogP contribution in [0.2, 0.25) is 0 Å². The van der Waals surface area contributed by atoms with Crippen molar-refractivity contribution >= 4 is 5.96 Å².